The van der Waals surface area contributed by atoms with Crippen LogP contribution < -0.4 is 4.90 Å². The van der Waals surface area contributed by atoms with Gasteiger partial charge in [-0.25, -0.2) is 0 Å². The SMILES string of the molecule is O=C(Cl)[C@H]1CC(=O)N(c2ccc(Cc3ccncc3)cc2)C1. The number of nitrogens with zero attached hydrogens (tertiary/aromatic N) is 2. The number of halogens is 1. The number of rotatable bonds is 4. The molecule has 0 unspecified atom stereocenters. The Morgan fingerprint density at radius 2 is 1.77 bits per heavy atom. The van der Waals surface area contributed by atoms with Crippen LogP contribution in [0.4, 0.5) is 5.69 Å². The van der Waals surface area contributed by atoms with E-state index in [-0.39, 0.29) is 12.3 Å². The van der Waals surface area contributed by atoms with Gasteiger partial charge in [-0.3, -0.25) is 14.6 Å². The lowest BCUT2D eigenvalue weighted by Gasteiger charge is -2.16. The predicted molar refractivity (Wildman–Crippen MR) is 84.8 cm³/mol. The minimum Gasteiger partial charge on any atom is -0.312 e. The van der Waals surface area contributed by atoms with E-state index in [4.69, 9.17) is 11.6 Å². The molecule has 1 amide bonds. The summed E-state index contributed by atoms with van der Waals surface area (Å²) in [5, 5.41) is -0.440. The molecule has 1 aromatic heterocycles. The van der Waals surface area contributed by atoms with Gasteiger partial charge in [0.05, 0.1) is 5.92 Å². The van der Waals surface area contributed by atoms with Gasteiger partial charge in [0.25, 0.3) is 0 Å². The quantitative estimate of drug-likeness (QED) is 0.815. The van der Waals surface area contributed by atoms with Crippen LogP contribution in [0.15, 0.2) is 48.8 Å². The number of hydrogen-bond acceptors (Lipinski definition) is 3. The van der Waals surface area contributed by atoms with Crippen LogP contribution in [0.2, 0.25) is 0 Å². The highest BCUT2D eigenvalue weighted by molar-refractivity contribution is 6.64. The summed E-state index contributed by atoms with van der Waals surface area (Å²) >= 11 is 5.49. The predicted octanol–water partition coefficient (Wildman–Crippen LogP) is 2.79. The molecular weight excluding hydrogens is 300 g/mol. The smallest absolute Gasteiger partial charge is 0.227 e. The standard InChI is InChI=1S/C17H15ClN2O2/c18-17(22)14-10-16(21)20(11-14)15-3-1-12(2-4-15)9-13-5-7-19-8-6-13/h1-8,14H,9-11H2/t14-/m0/s1. The summed E-state index contributed by atoms with van der Waals surface area (Å²) in [5.74, 6) is -0.452. The second-order valence-electron chi connectivity index (χ2n) is 5.41. The molecule has 2 aromatic rings. The van der Waals surface area contributed by atoms with Crippen molar-refractivity contribution in [2.75, 3.05) is 11.4 Å². The number of benzene rings is 1. The number of carbonyl (C=O) groups is 2. The Hall–Kier alpha value is -2.20. The van der Waals surface area contributed by atoms with E-state index in [0.29, 0.717) is 6.54 Å². The third-order valence-electron chi connectivity index (χ3n) is 3.85. The molecule has 112 valence electrons. The summed E-state index contributed by atoms with van der Waals surface area (Å²) in [6.07, 6.45) is 4.56. The van der Waals surface area contributed by atoms with E-state index in [1.165, 1.54) is 5.56 Å². The zero-order valence-electron chi connectivity index (χ0n) is 11.9. The molecule has 1 aliphatic heterocycles. The van der Waals surface area contributed by atoms with Crippen molar-refractivity contribution in [1.29, 1.82) is 0 Å². The lowest BCUT2D eigenvalue weighted by Crippen LogP contribution is -2.25. The summed E-state index contributed by atoms with van der Waals surface area (Å²) in [7, 11) is 0. The number of anilines is 1. The maximum Gasteiger partial charge on any atom is 0.227 e. The summed E-state index contributed by atoms with van der Waals surface area (Å²) in [5.41, 5.74) is 3.16. The van der Waals surface area contributed by atoms with Crippen molar-refractivity contribution in [3.8, 4) is 0 Å². The second-order valence-corrected chi connectivity index (χ2v) is 5.78. The first kappa shape index (κ1) is 14.7. The Morgan fingerprint density at radius 1 is 1.14 bits per heavy atom. The lowest BCUT2D eigenvalue weighted by atomic mass is 10.1. The third kappa shape index (κ3) is 3.17. The summed E-state index contributed by atoms with van der Waals surface area (Å²) < 4.78 is 0. The van der Waals surface area contributed by atoms with E-state index in [0.717, 1.165) is 17.7 Å². The van der Waals surface area contributed by atoms with Gasteiger partial charge >= 0.3 is 0 Å². The molecule has 0 N–H and O–H groups in total. The van der Waals surface area contributed by atoms with Crippen LogP contribution in [0.5, 0.6) is 0 Å². The number of hydrogen-bond donors (Lipinski definition) is 0. The molecule has 1 aliphatic rings. The normalized spacial score (nSPS) is 17.8. The average Bonchev–Trinajstić information content (AvgIpc) is 2.91. The molecule has 4 nitrogen and oxygen atoms in total. The second kappa shape index (κ2) is 6.28. The Bertz CT molecular complexity index is 686. The summed E-state index contributed by atoms with van der Waals surface area (Å²) in [6.45, 7) is 0.366. The van der Waals surface area contributed by atoms with Crippen molar-refractivity contribution >= 4 is 28.4 Å². The monoisotopic (exact) mass is 314 g/mol. The first-order chi connectivity index (χ1) is 10.6. The van der Waals surface area contributed by atoms with Crippen molar-refractivity contribution in [1.82, 2.24) is 4.98 Å². The molecule has 3 rings (SSSR count). The largest absolute Gasteiger partial charge is 0.312 e. The number of carbonyl (C=O) groups excluding carboxylic acids is 2. The van der Waals surface area contributed by atoms with Gasteiger partial charge in [-0.05, 0) is 53.4 Å². The molecular formula is C17H15ClN2O2. The number of pyridine rings is 1. The molecule has 0 radical (unpaired) electrons. The highest BCUT2D eigenvalue weighted by Gasteiger charge is 2.34. The Balaban J connectivity index is 1.72. The Morgan fingerprint density at radius 3 is 2.36 bits per heavy atom. The van der Waals surface area contributed by atoms with Crippen LogP contribution in [-0.2, 0) is 16.0 Å². The van der Waals surface area contributed by atoms with Crippen molar-refractivity contribution in [3.05, 3.63) is 59.9 Å². The maximum absolute atomic E-state index is 12.0. The van der Waals surface area contributed by atoms with Crippen molar-refractivity contribution in [2.45, 2.75) is 12.8 Å². The van der Waals surface area contributed by atoms with Crippen LogP contribution in [0, 0.1) is 5.92 Å². The number of amides is 1. The fraction of sp³-hybridized carbons (Fsp3) is 0.235. The third-order valence-corrected chi connectivity index (χ3v) is 4.16. The molecule has 1 saturated heterocycles. The van der Waals surface area contributed by atoms with Crippen LogP contribution in [-0.4, -0.2) is 22.7 Å². The van der Waals surface area contributed by atoms with Gasteiger partial charge in [-0.15, -0.1) is 0 Å². The van der Waals surface area contributed by atoms with E-state index >= 15 is 0 Å². The van der Waals surface area contributed by atoms with Gasteiger partial charge < -0.3 is 4.90 Å². The molecule has 0 bridgehead atoms. The summed E-state index contributed by atoms with van der Waals surface area (Å²) in [4.78, 5) is 28.8. The topological polar surface area (TPSA) is 50.3 Å². The van der Waals surface area contributed by atoms with Gasteiger partial charge in [0, 0.05) is 31.0 Å². The van der Waals surface area contributed by atoms with Crippen LogP contribution >= 0.6 is 11.6 Å². The molecule has 5 heteroatoms. The van der Waals surface area contributed by atoms with Gasteiger partial charge in [0.1, 0.15) is 0 Å². The summed E-state index contributed by atoms with van der Waals surface area (Å²) in [6, 6.07) is 11.8. The minimum atomic E-state index is -0.440. The lowest BCUT2D eigenvalue weighted by molar-refractivity contribution is -0.120. The molecule has 2 heterocycles. The number of aromatic nitrogens is 1. The van der Waals surface area contributed by atoms with E-state index in [1.54, 1.807) is 17.3 Å². The van der Waals surface area contributed by atoms with E-state index in [9.17, 15) is 9.59 Å². The van der Waals surface area contributed by atoms with Gasteiger partial charge in [0.2, 0.25) is 11.1 Å². The maximum atomic E-state index is 12.0. The van der Waals surface area contributed by atoms with Crippen LogP contribution in [0.3, 0.4) is 0 Å². The Kier molecular flexibility index (Phi) is 4.20. The first-order valence-electron chi connectivity index (χ1n) is 7.11. The van der Waals surface area contributed by atoms with Gasteiger partial charge in [-0.2, -0.15) is 0 Å². The Labute approximate surface area is 133 Å². The average molecular weight is 315 g/mol. The fourth-order valence-electron chi connectivity index (χ4n) is 2.64. The zero-order valence-corrected chi connectivity index (χ0v) is 12.7. The van der Waals surface area contributed by atoms with Gasteiger partial charge in [0.15, 0.2) is 0 Å². The van der Waals surface area contributed by atoms with Crippen LogP contribution in [0.1, 0.15) is 17.5 Å². The molecule has 0 spiro atoms. The molecule has 1 fully saturated rings. The minimum absolute atomic E-state index is 0.0547. The van der Waals surface area contributed by atoms with E-state index in [1.807, 2.05) is 36.4 Å². The van der Waals surface area contributed by atoms with Crippen molar-refractivity contribution in [3.63, 3.8) is 0 Å². The fourth-order valence-corrected chi connectivity index (χ4v) is 2.79. The first-order valence-corrected chi connectivity index (χ1v) is 7.49. The van der Waals surface area contributed by atoms with Crippen molar-refractivity contribution in [2.24, 2.45) is 5.92 Å². The molecule has 1 atom stereocenters. The highest BCUT2D eigenvalue weighted by atomic mass is 35.5. The highest BCUT2D eigenvalue weighted by Crippen LogP contribution is 2.27. The van der Waals surface area contributed by atoms with Gasteiger partial charge in [-0.1, -0.05) is 12.1 Å². The molecule has 22 heavy (non-hydrogen) atoms. The van der Waals surface area contributed by atoms with E-state index in [2.05, 4.69) is 4.98 Å². The van der Waals surface area contributed by atoms with Crippen LogP contribution in [0.25, 0.3) is 0 Å². The molecule has 1 aromatic carbocycles. The molecule has 0 saturated carbocycles. The zero-order chi connectivity index (χ0) is 15.5. The molecule has 0 aliphatic carbocycles. The van der Waals surface area contributed by atoms with E-state index < -0.39 is 11.2 Å². The van der Waals surface area contributed by atoms with Crippen molar-refractivity contribution < 1.29 is 9.59 Å².